The van der Waals surface area contributed by atoms with E-state index in [1.807, 2.05) is 0 Å². The lowest BCUT2D eigenvalue weighted by molar-refractivity contribution is -0.148. The molecule has 0 rings (SSSR count). The number of unbranched alkanes of at least 4 members (excludes halogenated alkanes) is 13. The van der Waals surface area contributed by atoms with E-state index in [0.717, 1.165) is 45.3 Å². The fraction of sp³-hybridized carbons (Fsp3) is 0.923. The lowest BCUT2D eigenvalue weighted by atomic mass is 10.1. The molecular weight excluding hydrogens is 376 g/mol. The predicted molar refractivity (Wildman–Crippen MR) is 128 cm³/mol. The number of ether oxygens (including phenoxy) is 4. The summed E-state index contributed by atoms with van der Waals surface area (Å²) in [6, 6.07) is 0. The van der Waals surface area contributed by atoms with Gasteiger partial charge in [0.05, 0.1) is 6.26 Å². The molecule has 0 saturated heterocycles. The average molecular weight is 429 g/mol. The van der Waals surface area contributed by atoms with E-state index < -0.39 is 0 Å². The van der Waals surface area contributed by atoms with Crippen LogP contribution in [0.3, 0.4) is 0 Å². The first kappa shape index (κ1) is 29.4. The van der Waals surface area contributed by atoms with Gasteiger partial charge in [0.1, 0.15) is 0 Å². The number of hydrogen-bond donors (Lipinski definition) is 0. The maximum absolute atomic E-state index is 6.10. The quantitative estimate of drug-likeness (QED) is 0.0835. The molecule has 180 valence electrons. The van der Waals surface area contributed by atoms with Gasteiger partial charge in [0, 0.05) is 20.3 Å². The summed E-state index contributed by atoms with van der Waals surface area (Å²) in [4.78, 5) is 0. The maximum Gasteiger partial charge on any atom is 0.187 e. The van der Waals surface area contributed by atoms with Crippen molar-refractivity contribution in [2.45, 2.75) is 129 Å². The normalized spacial score (nSPS) is 11.7. The number of methoxy groups -OCH3 is 1. The molecule has 4 nitrogen and oxygen atoms in total. The Morgan fingerprint density at radius 3 is 1.73 bits per heavy atom. The van der Waals surface area contributed by atoms with Gasteiger partial charge in [-0.05, 0) is 44.6 Å². The molecule has 0 heterocycles. The largest absolute Gasteiger partial charge is 0.476 e. The summed E-state index contributed by atoms with van der Waals surface area (Å²) < 4.78 is 22.2. The van der Waals surface area contributed by atoms with Crippen molar-refractivity contribution in [3.63, 3.8) is 0 Å². The van der Waals surface area contributed by atoms with E-state index in [9.17, 15) is 0 Å². The molecule has 0 bridgehead atoms. The molecule has 0 aromatic carbocycles. The van der Waals surface area contributed by atoms with E-state index in [-0.39, 0.29) is 6.29 Å². The van der Waals surface area contributed by atoms with Crippen molar-refractivity contribution in [3.8, 4) is 0 Å². The van der Waals surface area contributed by atoms with Crippen molar-refractivity contribution in [1.29, 1.82) is 0 Å². The summed E-state index contributed by atoms with van der Waals surface area (Å²) in [5.41, 5.74) is 0. The predicted octanol–water partition coefficient (Wildman–Crippen LogP) is 8.15. The second kappa shape index (κ2) is 26.5. The van der Waals surface area contributed by atoms with Gasteiger partial charge in [0.15, 0.2) is 13.1 Å². The van der Waals surface area contributed by atoms with Crippen LogP contribution in [0.2, 0.25) is 0 Å². The summed E-state index contributed by atoms with van der Waals surface area (Å²) in [6.45, 7) is 6.53. The van der Waals surface area contributed by atoms with Crippen LogP contribution >= 0.6 is 0 Å². The Bertz CT molecular complexity index is 315. The van der Waals surface area contributed by atoms with Gasteiger partial charge in [0.2, 0.25) is 0 Å². The molecule has 4 heteroatoms. The SMILES string of the molecule is CCCCCCCCOC(CCCCCC=COCOC)OCCCCCCCC. The Morgan fingerprint density at radius 1 is 0.633 bits per heavy atom. The first-order valence-corrected chi connectivity index (χ1v) is 12.8. The smallest absolute Gasteiger partial charge is 0.187 e. The van der Waals surface area contributed by atoms with E-state index >= 15 is 0 Å². The van der Waals surface area contributed by atoms with Gasteiger partial charge in [-0.15, -0.1) is 0 Å². The average Bonchev–Trinajstić information content (AvgIpc) is 2.76. The Morgan fingerprint density at radius 2 is 1.17 bits per heavy atom. The Labute approximate surface area is 188 Å². The minimum absolute atomic E-state index is 0.0168. The van der Waals surface area contributed by atoms with Crippen LogP contribution in [0.1, 0.15) is 123 Å². The van der Waals surface area contributed by atoms with E-state index in [0.29, 0.717) is 6.79 Å². The van der Waals surface area contributed by atoms with Crippen molar-refractivity contribution >= 4 is 0 Å². The van der Waals surface area contributed by atoms with Crippen LogP contribution in [0.4, 0.5) is 0 Å². The second-order valence-corrected chi connectivity index (χ2v) is 8.29. The minimum atomic E-state index is -0.0168. The van der Waals surface area contributed by atoms with Crippen LogP contribution in [0, 0.1) is 0 Å². The summed E-state index contributed by atoms with van der Waals surface area (Å²) in [6.07, 6.45) is 25.0. The number of hydrogen-bond acceptors (Lipinski definition) is 4. The van der Waals surface area contributed by atoms with Crippen LogP contribution in [0.5, 0.6) is 0 Å². The van der Waals surface area contributed by atoms with Gasteiger partial charge in [-0.2, -0.15) is 0 Å². The van der Waals surface area contributed by atoms with Gasteiger partial charge < -0.3 is 18.9 Å². The van der Waals surface area contributed by atoms with Crippen molar-refractivity contribution < 1.29 is 18.9 Å². The Balaban J connectivity index is 3.86. The molecule has 0 fully saturated rings. The van der Waals surface area contributed by atoms with Gasteiger partial charge >= 0.3 is 0 Å². The van der Waals surface area contributed by atoms with Crippen LogP contribution in [0.25, 0.3) is 0 Å². The van der Waals surface area contributed by atoms with Crippen LogP contribution in [-0.2, 0) is 18.9 Å². The molecule has 0 amide bonds. The van der Waals surface area contributed by atoms with Crippen LogP contribution < -0.4 is 0 Å². The van der Waals surface area contributed by atoms with E-state index in [4.69, 9.17) is 18.9 Å². The highest BCUT2D eigenvalue weighted by atomic mass is 16.7. The van der Waals surface area contributed by atoms with E-state index in [2.05, 4.69) is 19.9 Å². The zero-order chi connectivity index (χ0) is 22.0. The summed E-state index contributed by atoms with van der Waals surface area (Å²) in [5, 5.41) is 0. The number of allylic oxidation sites excluding steroid dienone is 1. The molecule has 0 saturated carbocycles. The molecular formula is C26H52O4. The lowest BCUT2D eigenvalue weighted by Crippen LogP contribution is -2.19. The zero-order valence-electron chi connectivity index (χ0n) is 20.5. The third kappa shape index (κ3) is 23.7. The minimum Gasteiger partial charge on any atom is -0.476 e. The van der Waals surface area contributed by atoms with Gasteiger partial charge in [-0.3, -0.25) is 0 Å². The third-order valence-electron chi connectivity index (χ3n) is 5.29. The number of rotatable bonds is 25. The first-order valence-electron chi connectivity index (χ1n) is 12.8. The monoisotopic (exact) mass is 428 g/mol. The fourth-order valence-corrected chi connectivity index (χ4v) is 3.40. The zero-order valence-corrected chi connectivity index (χ0v) is 20.5. The molecule has 0 unspecified atom stereocenters. The highest BCUT2D eigenvalue weighted by Crippen LogP contribution is 2.13. The molecule has 0 aromatic rings. The second-order valence-electron chi connectivity index (χ2n) is 8.29. The van der Waals surface area contributed by atoms with Crippen LogP contribution in [-0.4, -0.2) is 33.4 Å². The third-order valence-corrected chi connectivity index (χ3v) is 5.29. The maximum atomic E-state index is 6.10. The van der Waals surface area contributed by atoms with Crippen molar-refractivity contribution in [2.24, 2.45) is 0 Å². The molecule has 0 aliphatic carbocycles. The molecule has 0 aliphatic rings. The highest BCUT2D eigenvalue weighted by Gasteiger charge is 2.09. The molecule has 0 N–H and O–H groups in total. The van der Waals surface area contributed by atoms with Crippen molar-refractivity contribution in [2.75, 3.05) is 27.1 Å². The molecule has 30 heavy (non-hydrogen) atoms. The van der Waals surface area contributed by atoms with Crippen molar-refractivity contribution in [1.82, 2.24) is 0 Å². The van der Waals surface area contributed by atoms with Crippen molar-refractivity contribution in [3.05, 3.63) is 12.3 Å². The highest BCUT2D eigenvalue weighted by molar-refractivity contribution is 4.72. The first-order chi connectivity index (χ1) is 14.8. The standard InChI is InChI=1S/C26H52O4/c1-4-6-8-10-15-19-23-29-26(30-24-20-16-11-9-7-5-2)21-17-13-12-14-18-22-28-25-27-3/h18,22,26H,4-17,19-21,23-25H2,1-3H3. The topological polar surface area (TPSA) is 36.9 Å². The van der Waals surface area contributed by atoms with Gasteiger partial charge in [-0.1, -0.05) is 84.5 Å². The molecule has 0 aromatic heterocycles. The molecule has 0 spiro atoms. The van der Waals surface area contributed by atoms with E-state index in [1.54, 1.807) is 13.4 Å². The van der Waals surface area contributed by atoms with Crippen LogP contribution in [0.15, 0.2) is 12.3 Å². The molecule has 0 aliphatic heterocycles. The van der Waals surface area contributed by atoms with E-state index in [1.165, 1.54) is 77.0 Å². The van der Waals surface area contributed by atoms with Gasteiger partial charge in [-0.25, -0.2) is 0 Å². The summed E-state index contributed by atoms with van der Waals surface area (Å²) in [7, 11) is 1.63. The fourth-order valence-electron chi connectivity index (χ4n) is 3.40. The Hall–Kier alpha value is -0.580. The summed E-state index contributed by atoms with van der Waals surface area (Å²) >= 11 is 0. The van der Waals surface area contributed by atoms with Gasteiger partial charge in [0.25, 0.3) is 0 Å². The molecule has 0 radical (unpaired) electrons. The molecule has 0 atom stereocenters. The summed E-state index contributed by atoms with van der Waals surface area (Å²) in [5.74, 6) is 0. The lowest BCUT2D eigenvalue weighted by Gasteiger charge is -2.19. The Kier molecular flexibility index (Phi) is 25.9.